The molecule has 0 aliphatic heterocycles. The summed E-state index contributed by atoms with van der Waals surface area (Å²) in [6.45, 7) is -0.457. The Morgan fingerprint density at radius 3 is 2.43 bits per heavy atom. The lowest BCUT2D eigenvalue weighted by Gasteiger charge is -2.19. The zero-order chi connectivity index (χ0) is 16.4. The van der Waals surface area contributed by atoms with Crippen molar-refractivity contribution < 1.29 is 31.5 Å². The molecule has 0 saturated carbocycles. The number of hydrogen-bond donors (Lipinski definition) is 1. The third-order valence-electron chi connectivity index (χ3n) is 2.58. The molecule has 0 amide bonds. The Kier molecular flexibility index (Phi) is 5.24. The van der Waals surface area contributed by atoms with Crippen LogP contribution in [0.2, 0.25) is 5.02 Å². The maximum Gasteiger partial charge on any atom is 0.417 e. The highest BCUT2D eigenvalue weighted by Crippen LogP contribution is 2.36. The van der Waals surface area contributed by atoms with Crippen LogP contribution < -0.4 is 0 Å². The summed E-state index contributed by atoms with van der Waals surface area (Å²) >= 11 is 5.56. The molecule has 1 rings (SSSR count). The van der Waals surface area contributed by atoms with Crippen molar-refractivity contribution in [3.63, 3.8) is 0 Å². The summed E-state index contributed by atoms with van der Waals surface area (Å²) in [5.41, 5.74) is -1.35. The molecule has 0 unspecified atom stereocenters. The predicted molar refractivity (Wildman–Crippen MR) is 68.5 cm³/mol. The Bertz CT molecular complexity index is 645. The van der Waals surface area contributed by atoms with E-state index in [-0.39, 0.29) is 5.02 Å². The van der Waals surface area contributed by atoms with E-state index in [0.29, 0.717) is 16.4 Å². The second-order valence-corrected chi connectivity index (χ2v) is 6.56. The van der Waals surface area contributed by atoms with E-state index in [1.165, 1.54) is 0 Å². The molecule has 21 heavy (non-hydrogen) atoms. The van der Waals surface area contributed by atoms with Gasteiger partial charge in [-0.2, -0.15) is 13.2 Å². The lowest BCUT2D eigenvalue weighted by molar-refractivity contribution is -0.140. The van der Waals surface area contributed by atoms with Crippen molar-refractivity contribution in [3.8, 4) is 0 Å². The number of rotatable bonds is 5. The Morgan fingerprint density at radius 2 is 1.95 bits per heavy atom. The SMILES string of the molecule is CN(CCC(=O)O)S(=O)(=O)c1cc(Cl)ccc1C(F)(F)F. The smallest absolute Gasteiger partial charge is 0.417 e. The van der Waals surface area contributed by atoms with Crippen LogP contribution in [0.4, 0.5) is 13.2 Å². The van der Waals surface area contributed by atoms with Crippen molar-refractivity contribution >= 4 is 27.6 Å². The van der Waals surface area contributed by atoms with Crippen LogP contribution in [0.15, 0.2) is 23.1 Å². The maximum atomic E-state index is 12.9. The van der Waals surface area contributed by atoms with Gasteiger partial charge in [-0.15, -0.1) is 0 Å². The first kappa shape index (κ1) is 17.7. The van der Waals surface area contributed by atoms with Gasteiger partial charge in [0.2, 0.25) is 10.0 Å². The molecule has 10 heteroatoms. The van der Waals surface area contributed by atoms with Gasteiger partial charge in [-0.3, -0.25) is 4.79 Å². The van der Waals surface area contributed by atoms with E-state index in [1.54, 1.807) is 0 Å². The molecule has 0 radical (unpaired) electrons. The summed E-state index contributed by atoms with van der Waals surface area (Å²) < 4.78 is 63.4. The van der Waals surface area contributed by atoms with Crippen molar-refractivity contribution in [3.05, 3.63) is 28.8 Å². The van der Waals surface area contributed by atoms with Gasteiger partial charge in [-0.05, 0) is 18.2 Å². The van der Waals surface area contributed by atoms with Crippen LogP contribution in [-0.2, 0) is 21.0 Å². The molecular weight excluding hydrogens is 335 g/mol. The predicted octanol–water partition coefficient (Wildman–Crippen LogP) is 2.45. The quantitative estimate of drug-likeness (QED) is 0.889. The number of aliphatic carboxylic acids is 1. The first-order valence-electron chi connectivity index (χ1n) is 5.51. The number of nitrogens with zero attached hydrogens (tertiary/aromatic N) is 1. The molecule has 0 aliphatic rings. The van der Waals surface area contributed by atoms with Crippen molar-refractivity contribution in [1.29, 1.82) is 0 Å². The lowest BCUT2D eigenvalue weighted by atomic mass is 10.2. The standard InChI is InChI=1S/C11H11ClF3NO4S/c1-16(5-4-10(17)18)21(19,20)9-6-7(12)2-3-8(9)11(13,14)15/h2-3,6H,4-5H2,1H3,(H,17,18). The van der Waals surface area contributed by atoms with E-state index >= 15 is 0 Å². The van der Waals surface area contributed by atoms with Crippen molar-refractivity contribution in [1.82, 2.24) is 4.31 Å². The van der Waals surface area contributed by atoms with E-state index in [4.69, 9.17) is 16.7 Å². The van der Waals surface area contributed by atoms with Crippen molar-refractivity contribution in [2.45, 2.75) is 17.5 Å². The molecule has 0 fully saturated rings. The van der Waals surface area contributed by atoms with Crippen molar-refractivity contribution in [2.75, 3.05) is 13.6 Å². The minimum Gasteiger partial charge on any atom is -0.481 e. The van der Waals surface area contributed by atoms with Gasteiger partial charge in [0.1, 0.15) is 0 Å². The fourth-order valence-electron chi connectivity index (χ4n) is 1.48. The second-order valence-electron chi connectivity index (χ2n) is 4.11. The first-order chi connectivity index (χ1) is 9.46. The molecule has 0 heterocycles. The van der Waals surface area contributed by atoms with Crippen LogP contribution in [0.3, 0.4) is 0 Å². The Balaban J connectivity index is 3.30. The summed E-state index contributed by atoms with van der Waals surface area (Å²) in [5, 5.41) is 8.33. The van der Waals surface area contributed by atoms with Crippen LogP contribution >= 0.6 is 11.6 Å². The Morgan fingerprint density at radius 1 is 1.38 bits per heavy atom. The van der Waals surface area contributed by atoms with E-state index in [1.807, 2.05) is 0 Å². The van der Waals surface area contributed by atoms with Gasteiger partial charge in [0.05, 0.1) is 16.9 Å². The summed E-state index contributed by atoms with van der Waals surface area (Å²) in [6, 6.07) is 2.19. The highest BCUT2D eigenvalue weighted by atomic mass is 35.5. The maximum absolute atomic E-state index is 12.9. The Hall–Kier alpha value is -1.32. The van der Waals surface area contributed by atoms with Gasteiger partial charge in [-0.25, -0.2) is 12.7 Å². The average Bonchev–Trinajstić information content (AvgIpc) is 2.34. The summed E-state index contributed by atoms with van der Waals surface area (Å²) in [6.07, 6.45) is -5.40. The molecule has 0 bridgehead atoms. The normalized spacial score (nSPS) is 12.7. The molecule has 5 nitrogen and oxygen atoms in total. The molecule has 1 aromatic carbocycles. The van der Waals surface area contributed by atoms with Crippen LogP contribution in [0.1, 0.15) is 12.0 Å². The number of alkyl halides is 3. The zero-order valence-electron chi connectivity index (χ0n) is 10.7. The second kappa shape index (κ2) is 6.20. The number of benzene rings is 1. The van der Waals surface area contributed by atoms with Gasteiger partial charge in [0, 0.05) is 18.6 Å². The number of sulfonamides is 1. The lowest BCUT2D eigenvalue weighted by Crippen LogP contribution is -2.30. The van der Waals surface area contributed by atoms with Crippen LogP contribution in [0.5, 0.6) is 0 Å². The van der Waals surface area contributed by atoms with Gasteiger partial charge in [0.25, 0.3) is 0 Å². The fourth-order valence-corrected chi connectivity index (χ4v) is 3.13. The number of halogens is 4. The van der Waals surface area contributed by atoms with E-state index in [0.717, 1.165) is 13.1 Å². The first-order valence-corrected chi connectivity index (χ1v) is 7.33. The highest BCUT2D eigenvalue weighted by molar-refractivity contribution is 7.89. The van der Waals surface area contributed by atoms with Crippen LogP contribution in [0.25, 0.3) is 0 Å². The monoisotopic (exact) mass is 345 g/mol. The number of hydrogen-bond acceptors (Lipinski definition) is 3. The van der Waals surface area contributed by atoms with Gasteiger partial charge < -0.3 is 5.11 Å². The molecule has 118 valence electrons. The third-order valence-corrected chi connectivity index (χ3v) is 4.71. The van der Waals surface area contributed by atoms with E-state index in [2.05, 4.69) is 0 Å². The topological polar surface area (TPSA) is 74.7 Å². The van der Waals surface area contributed by atoms with Gasteiger partial charge in [-0.1, -0.05) is 11.6 Å². The van der Waals surface area contributed by atoms with Crippen LogP contribution in [0, 0.1) is 0 Å². The summed E-state index contributed by atoms with van der Waals surface area (Å²) in [7, 11) is -3.51. The molecule has 0 aliphatic carbocycles. The fraction of sp³-hybridized carbons (Fsp3) is 0.364. The number of carbonyl (C=O) groups is 1. The summed E-state index contributed by atoms with van der Waals surface area (Å²) in [5.74, 6) is -1.26. The Labute approximate surface area is 124 Å². The molecule has 0 atom stereocenters. The molecule has 0 aromatic heterocycles. The molecule has 0 saturated heterocycles. The zero-order valence-corrected chi connectivity index (χ0v) is 12.3. The summed E-state index contributed by atoms with van der Waals surface area (Å²) in [4.78, 5) is 9.42. The minimum absolute atomic E-state index is 0.173. The molecule has 1 N–H and O–H groups in total. The molecule has 0 spiro atoms. The van der Waals surface area contributed by atoms with Gasteiger partial charge >= 0.3 is 12.1 Å². The minimum atomic E-state index is -4.87. The molecule has 1 aromatic rings. The highest BCUT2D eigenvalue weighted by Gasteiger charge is 2.38. The van der Waals surface area contributed by atoms with Crippen molar-refractivity contribution in [2.24, 2.45) is 0 Å². The largest absolute Gasteiger partial charge is 0.481 e. The number of carboxylic acid groups (broad SMARTS) is 1. The van der Waals surface area contributed by atoms with E-state index in [9.17, 15) is 26.4 Å². The van der Waals surface area contributed by atoms with E-state index < -0.39 is 45.6 Å². The van der Waals surface area contributed by atoms with Gasteiger partial charge in [0.15, 0.2) is 0 Å². The molecular formula is C11H11ClF3NO4S. The average molecular weight is 346 g/mol. The third kappa shape index (κ3) is 4.32. The van der Waals surface area contributed by atoms with Crippen LogP contribution in [-0.4, -0.2) is 37.4 Å². The number of carboxylic acids is 1.